The van der Waals surface area contributed by atoms with Gasteiger partial charge in [0.05, 0.1) is 11.0 Å². The Kier molecular flexibility index (Phi) is 6.70. The highest BCUT2D eigenvalue weighted by Gasteiger charge is 2.15. The zero-order valence-electron chi connectivity index (χ0n) is 13.5. The van der Waals surface area contributed by atoms with Crippen molar-refractivity contribution in [2.45, 2.75) is 19.1 Å². The third kappa shape index (κ3) is 5.91. The smallest absolute Gasteiger partial charge is 0.237 e. The first kappa shape index (κ1) is 18.4. The lowest BCUT2D eigenvalue weighted by molar-refractivity contribution is -0.115. The predicted molar refractivity (Wildman–Crippen MR) is 102 cm³/mol. The highest BCUT2D eigenvalue weighted by atomic mass is 35.5. The first-order chi connectivity index (χ1) is 11.4. The molecule has 0 aliphatic carbocycles. The van der Waals surface area contributed by atoms with E-state index in [1.807, 2.05) is 31.2 Å². The summed E-state index contributed by atoms with van der Waals surface area (Å²) in [5.41, 5.74) is 2.57. The second kappa shape index (κ2) is 8.76. The molecule has 2 aromatic carbocycles. The Morgan fingerprint density at radius 2 is 1.54 bits per heavy atom. The number of hydrogen-bond donors (Lipinski definition) is 2. The number of rotatable bonds is 6. The molecule has 2 N–H and O–H groups in total. The van der Waals surface area contributed by atoms with Gasteiger partial charge in [0.2, 0.25) is 11.8 Å². The Hall–Kier alpha value is -1.98. The Bertz CT molecular complexity index is 702. The Labute approximate surface area is 151 Å². The molecule has 0 heterocycles. The summed E-state index contributed by atoms with van der Waals surface area (Å²) in [7, 11) is 0. The van der Waals surface area contributed by atoms with Crippen LogP contribution in [0.15, 0.2) is 48.5 Å². The predicted octanol–water partition coefficient (Wildman–Crippen LogP) is 4.35. The zero-order valence-corrected chi connectivity index (χ0v) is 15.1. The topological polar surface area (TPSA) is 58.2 Å². The molecule has 0 saturated heterocycles. The van der Waals surface area contributed by atoms with Gasteiger partial charge < -0.3 is 10.6 Å². The molecule has 2 rings (SSSR count). The van der Waals surface area contributed by atoms with Crippen molar-refractivity contribution in [2.24, 2.45) is 0 Å². The fourth-order valence-electron chi connectivity index (χ4n) is 1.89. The lowest BCUT2D eigenvalue weighted by Gasteiger charge is -2.12. The van der Waals surface area contributed by atoms with E-state index in [4.69, 9.17) is 11.6 Å². The van der Waals surface area contributed by atoms with Crippen LogP contribution in [0.5, 0.6) is 0 Å². The van der Waals surface area contributed by atoms with Gasteiger partial charge in [0.1, 0.15) is 0 Å². The summed E-state index contributed by atoms with van der Waals surface area (Å²) in [4.78, 5) is 24.1. The van der Waals surface area contributed by atoms with Gasteiger partial charge in [-0.25, -0.2) is 0 Å². The van der Waals surface area contributed by atoms with Gasteiger partial charge in [0.25, 0.3) is 0 Å². The van der Waals surface area contributed by atoms with Crippen LogP contribution < -0.4 is 10.6 Å². The normalized spacial score (nSPS) is 11.6. The number of thioether (sulfide) groups is 1. The van der Waals surface area contributed by atoms with E-state index < -0.39 is 0 Å². The Balaban J connectivity index is 1.77. The summed E-state index contributed by atoms with van der Waals surface area (Å²) in [6, 6.07) is 14.5. The van der Waals surface area contributed by atoms with Crippen molar-refractivity contribution in [2.75, 3.05) is 16.4 Å². The minimum absolute atomic E-state index is 0.122. The van der Waals surface area contributed by atoms with Gasteiger partial charge in [0.15, 0.2) is 0 Å². The van der Waals surface area contributed by atoms with Crippen molar-refractivity contribution in [3.05, 3.63) is 59.1 Å². The first-order valence-corrected chi connectivity index (χ1v) is 8.91. The van der Waals surface area contributed by atoms with E-state index in [9.17, 15) is 9.59 Å². The van der Waals surface area contributed by atoms with Gasteiger partial charge in [-0.3, -0.25) is 9.59 Å². The van der Waals surface area contributed by atoms with Crippen LogP contribution in [0.3, 0.4) is 0 Å². The maximum absolute atomic E-state index is 12.1. The van der Waals surface area contributed by atoms with E-state index in [1.54, 1.807) is 31.2 Å². The van der Waals surface area contributed by atoms with E-state index >= 15 is 0 Å². The third-order valence-corrected chi connectivity index (χ3v) is 4.68. The Morgan fingerprint density at radius 3 is 2.17 bits per heavy atom. The van der Waals surface area contributed by atoms with E-state index in [2.05, 4.69) is 10.6 Å². The standard InChI is InChI=1S/C18H19ClN2O2S/c1-12-3-7-16(8-4-12)21-18(23)13(2)24-11-17(22)20-15-9-5-14(19)6-10-15/h3-10,13H,11H2,1-2H3,(H,20,22)(H,21,23)/t13-/m0/s1. The molecule has 0 aromatic heterocycles. The molecular formula is C18H19ClN2O2S. The van der Waals surface area contributed by atoms with Gasteiger partial charge in [-0.15, -0.1) is 11.8 Å². The van der Waals surface area contributed by atoms with Crippen LogP contribution in [-0.2, 0) is 9.59 Å². The SMILES string of the molecule is Cc1ccc(NC(=O)[C@H](C)SCC(=O)Nc2ccc(Cl)cc2)cc1. The summed E-state index contributed by atoms with van der Waals surface area (Å²) in [6.45, 7) is 3.77. The van der Waals surface area contributed by atoms with Gasteiger partial charge in [0, 0.05) is 16.4 Å². The van der Waals surface area contributed by atoms with Crippen LogP contribution in [0.25, 0.3) is 0 Å². The summed E-state index contributed by atoms with van der Waals surface area (Å²) < 4.78 is 0. The molecule has 0 radical (unpaired) electrons. The molecule has 126 valence electrons. The minimum Gasteiger partial charge on any atom is -0.325 e. The summed E-state index contributed by atoms with van der Waals surface area (Å²) in [5, 5.41) is 5.90. The van der Waals surface area contributed by atoms with Crippen molar-refractivity contribution >= 4 is 46.6 Å². The average Bonchev–Trinajstić information content (AvgIpc) is 2.57. The highest BCUT2D eigenvalue weighted by Crippen LogP contribution is 2.17. The number of carbonyl (C=O) groups excluding carboxylic acids is 2. The van der Waals surface area contributed by atoms with Crippen molar-refractivity contribution in [1.82, 2.24) is 0 Å². The summed E-state index contributed by atoms with van der Waals surface area (Å²) in [6.07, 6.45) is 0. The van der Waals surface area contributed by atoms with Gasteiger partial charge >= 0.3 is 0 Å². The van der Waals surface area contributed by atoms with E-state index in [0.29, 0.717) is 10.7 Å². The number of hydrogen-bond acceptors (Lipinski definition) is 3. The van der Waals surface area contributed by atoms with Crippen molar-refractivity contribution in [1.29, 1.82) is 0 Å². The molecular weight excluding hydrogens is 344 g/mol. The average molecular weight is 363 g/mol. The van der Waals surface area contributed by atoms with E-state index in [-0.39, 0.29) is 22.8 Å². The second-order valence-corrected chi connectivity index (χ2v) is 7.13. The maximum Gasteiger partial charge on any atom is 0.237 e. The van der Waals surface area contributed by atoms with Crippen molar-refractivity contribution in [3.8, 4) is 0 Å². The largest absolute Gasteiger partial charge is 0.325 e. The molecule has 2 aromatic rings. The molecule has 0 saturated carbocycles. The second-order valence-electron chi connectivity index (χ2n) is 5.36. The lowest BCUT2D eigenvalue weighted by atomic mass is 10.2. The zero-order chi connectivity index (χ0) is 17.5. The number of halogens is 1. The van der Waals surface area contributed by atoms with Gasteiger partial charge in [-0.05, 0) is 50.2 Å². The molecule has 4 nitrogen and oxygen atoms in total. The van der Waals surface area contributed by atoms with E-state index in [1.165, 1.54) is 11.8 Å². The molecule has 0 aliphatic rings. The number of amides is 2. The van der Waals surface area contributed by atoms with Crippen LogP contribution in [-0.4, -0.2) is 22.8 Å². The number of aryl methyl sites for hydroxylation is 1. The van der Waals surface area contributed by atoms with Gasteiger partial charge in [-0.2, -0.15) is 0 Å². The first-order valence-electron chi connectivity index (χ1n) is 7.48. The third-order valence-electron chi connectivity index (χ3n) is 3.28. The highest BCUT2D eigenvalue weighted by molar-refractivity contribution is 8.01. The minimum atomic E-state index is -0.331. The maximum atomic E-state index is 12.1. The summed E-state index contributed by atoms with van der Waals surface area (Å²) >= 11 is 7.09. The molecule has 0 unspecified atom stereocenters. The molecule has 0 fully saturated rings. The van der Waals surface area contributed by atoms with Crippen LogP contribution in [0.4, 0.5) is 11.4 Å². The molecule has 0 spiro atoms. The fraction of sp³-hybridized carbons (Fsp3) is 0.222. The van der Waals surface area contributed by atoms with E-state index in [0.717, 1.165) is 11.3 Å². The van der Waals surface area contributed by atoms with Crippen molar-refractivity contribution < 1.29 is 9.59 Å². The number of benzene rings is 2. The van der Waals surface area contributed by atoms with Crippen LogP contribution >= 0.6 is 23.4 Å². The van der Waals surface area contributed by atoms with Crippen molar-refractivity contribution in [3.63, 3.8) is 0 Å². The molecule has 2 amide bonds. The lowest BCUT2D eigenvalue weighted by Crippen LogP contribution is -2.25. The molecule has 24 heavy (non-hydrogen) atoms. The molecule has 6 heteroatoms. The number of nitrogens with one attached hydrogen (secondary N) is 2. The molecule has 0 aliphatic heterocycles. The van der Waals surface area contributed by atoms with Crippen LogP contribution in [0, 0.1) is 6.92 Å². The molecule has 1 atom stereocenters. The van der Waals surface area contributed by atoms with Crippen LogP contribution in [0.1, 0.15) is 12.5 Å². The monoisotopic (exact) mass is 362 g/mol. The fourth-order valence-corrected chi connectivity index (χ4v) is 2.70. The molecule has 0 bridgehead atoms. The quantitative estimate of drug-likeness (QED) is 0.803. The number of carbonyl (C=O) groups is 2. The Morgan fingerprint density at radius 1 is 1.00 bits per heavy atom. The van der Waals surface area contributed by atoms with Crippen LogP contribution in [0.2, 0.25) is 5.02 Å². The summed E-state index contributed by atoms with van der Waals surface area (Å²) in [5.74, 6) is -0.0778. The number of anilines is 2. The van der Waals surface area contributed by atoms with Gasteiger partial charge in [-0.1, -0.05) is 29.3 Å².